The van der Waals surface area contributed by atoms with Crippen LogP contribution in [0, 0.1) is 5.92 Å². The van der Waals surface area contributed by atoms with E-state index < -0.39 is 17.9 Å². The summed E-state index contributed by atoms with van der Waals surface area (Å²) in [6.07, 6.45) is 0. The molecule has 0 atom stereocenters. The number of Topliss-reactive ketones (excluding diaryl/α,β-unsaturated/α-hetero) is 1. The topological polar surface area (TPSA) is 142 Å². The lowest BCUT2D eigenvalue weighted by Gasteiger charge is -2.29. The van der Waals surface area contributed by atoms with Crippen molar-refractivity contribution in [3.8, 4) is 0 Å². The molecule has 0 aliphatic heterocycles. The van der Waals surface area contributed by atoms with E-state index >= 15 is 0 Å². The summed E-state index contributed by atoms with van der Waals surface area (Å²) in [5.41, 5.74) is 0. The van der Waals surface area contributed by atoms with Crippen LogP contribution in [0.25, 0.3) is 0 Å². The van der Waals surface area contributed by atoms with Crippen molar-refractivity contribution in [2.45, 2.75) is 27.7 Å². The minimum atomic E-state index is -0.984. The van der Waals surface area contributed by atoms with Crippen LogP contribution in [0.1, 0.15) is 27.7 Å². The number of likely N-dealkylation sites (N-methyl/N-ethyl adjacent to an activating group) is 2. The molecule has 188 valence electrons. The lowest BCUT2D eigenvalue weighted by Crippen LogP contribution is -2.45. The Bertz CT molecular complexity index is 572. The maximum absolute atomic E-state index is 12.2. The minimum Gasteiger partial charge on any atom is -0.480 e. The van der Waals surface area contributed by atoms with Gasteiger partial charge in [0.1, 0.15) is 5.78 Å². The Kier molecular flexibility index (Phi) is 18.5. The van der Waals surface area contributed by atoms with E-state index in [4.69, 9.17) is 15.3 Å². The standard InChI is InChI=1S/C19H36N4O7.C2H6/c1-15(2)16(24)11-22(7-5-20(3)12-17(25)26)9-10-23(14-19(29)30)8-6-21(4)13-18(27)28;1-2/h15H,5-14H2,1-4H3,(H,25,26)(H,27,28)(H,29,30);1-2H3. The highest BCUT2D eigenvalue weighted by Crippen LogP contribution is 2.01. The van der Waals surface area contributed by atoms with Crippen molar-refractivity contribution in [3.63, 3.8) is 0 Å². The van der Waals surface area contributed by atoms with Crippen LogP contribution in [0.4, 0.5) is 0 Å². The molecule has 11 heteroatoms. The molecular formula is C21H42N4O7. The summed E-state index contributed by atoms with van der Waals surface area (Å²) in [5.74, 6) is -2.95. The van der Waals surface area contributed by atoms with Crippen molar-refractivity contribution < 1.29 is 34.5 Å². The zero-order valence-electron chi connectivity index (χ0n) is 20.4. The summed E-state index contributed by atoms with van der Waals surface area (Å²) in [5, 5.41) is 26.9. The van der Waals surface area contributed by atoms with Crippen molar-refractivity contribution in [1.29, 1.82) is 0 Å². The van der Waals surface area contributed by atoms with Gasteiger partial charge in [-0.2, -0.15) is 0 Å². The van der Waals surface area contributed by atoms with E-state index in [0.717, 1.165) is 0 Å². The Balaban J connectivity index is 0. The van der Waals surface area contributed by atoms with Crippen LogP contribution in [0.5, 0.6) is 0 Å². The predicted molar refractivity (Wildman–Crippen MR) is 122 cm³/mol. The highest BCUT2D eigenvalue weighted by atomic mass is 16.4. The average Bonchev–Trinajstić information content (AvgIpc) is 2.67. The fourth-order valence-corrected chi connectivity index (χ4v) is 2.66. The van der Waals surface area contributed by atoms with Gasteiger partial charge in [-0.15, -0.1) is 0 Å². The van der Waals surface area contributed by atoms with E-state index in [1.165, 1.54) is 0 Å². The Morgan fingerprint density at radius 1 is 0.594 bits per heavy atom. The maximum Gasteiger partial charge on any atom is 0.317 e. The number of rotatable bonds is 18. The molecule has 0 saturated heterocycles. The monoisotopic (exact) mass is 462 g/mol. The van der Waals surface area contributed by atoms with Crippen LogP contribution in [0.15, 0.2) is 0 Å². The number of ketones is 1. The SMILES string of the molecule is CC.CC(C)C(=O)CN(CCN(C)CC(=O)O)CCN(CCN(C)CC(=O)O)CC(=O)O. The number of hydrogen-bond donors (Lipinski definition) is 3. The van der Waals surface area contributed by atoms with Gasteiger partial charge in [0.2, 0.25) is 0 Å². The van der Waals surface area contributed by atoms with E-state index in [1.54, 1.807) is 28.8 Å². The lowest BCUT2D eigenvalue weighted by atomic mass is 10.1. The van der Waals surface area contributed by atoms with Gasteiger partial charge in [0, 0.05) is 45.2 Å². The van der Waals surface area contributed by atoms with E-state index in [2.05, 4.69) is 0 Å². The zero-order chi connectivity index (χ0) is 25.3. The Morgan fingerprint density at radius 2 is 0.906 bits per heavy atom. The van der Waals surface area contributed by atoms with Gasteiger partial charge in [0.25, 0.3) is 0 Å². The predicted octanol–water partition coefficient (Wildman–Crippen LogP) is -0.0409. The largest absolute Gasteiger partial charge is 0.480 e. The first-order valence-corrected chi connectivity index (χ1v) is 10.9. The third-order valence-electron chi connectivity index (χ3n) is 4.52. The zero-order valence-corrected chi connectivity index (χ0v) is 20.4. The summed E-state index contributed by atoms with van der Waals surface area (Å²) >= 11 is 0. The summed E-state index contributed by atoms with van der Waals surface area (Å²) in [4.78, 5) is 51.8. The fraction of sp³-hybridized carbons (Fsp3) is 0.810. The van der Waals surface area contributed by atoms with Gasteiger partial charge in [-0.3, -0.25) is 38.8 Å². The van der Waals surface area contributed by atoms with E-state index in [-0.39, 0.29) is 37.9 Å². The van der Waals surface area contributed by atoms with E-state index in [0.29, 0.717) is 39.3 Å². The quantitative estimate of drug-likeness (QED) is 0.252. The fourth-order valence-electron chi connectivity index (χ4n) is 2.66. The summed E-state index contributed by atoms with van der Waals surface area (Å²) in [6.45, 7) is 9.94. The minimum absolute atomic E-state index is 0.0573. The molecule has 0 amide bonds. The molecule has 0 aromatic carbocycles. The summed E-state index contributed by atoms with van der Waals surface area (Å²) in [7, 11) is 3.34. The van der Waals surface area contributed by atoms with Crippen LogP contribution in [-0.2, 0) is 19.2 Å². The van der Waals surface area contributed by atoms with Crippen molar-refractivity contribution >= 4 is 23.7 Å². The van der Waals surface area contributed by atoms with Gasteiger partial charge in [-0.25, -0.2) is 0 Å². The average molecular weight is 463 g/mol. The van der Waals surface area contributed by atoms with Crippen LogP contribution < -0.4 is 0 Å². The molecule has 0 spiro atoms. The van der Waals surface area contributed by atoms with Crippen LogP contribution in [0.3, 0.4) is 0 Å². The Morgan fingerprint density at radius 3 is 1.22 bits per heavy atom. The van der Waals surface area contributed by atoms with Crippen molar-refractivity contribution in [2.24, 2.45) is 5.92 Å². The van der Waals surface area contributed by atoms with Gasteiger partial charge in [-0.1, -0.05) is 27.7 Å². The molecule has 0 radical (unpaired) electrons. The maximum atomic E-state index is 12.2. The Labute approximate surface area is 191 Å². The van der Waals surface area contributed by atoms with Crippen molar-refractivity contribution in [2.75, 3.05) is 79.5 Å². The van der Waals surface area contributed by atoms with Crippen LogP contribution in [-0.4, -0.2) is 138 Å². The first-order chi connectivity index (χ1) is 14.9. The number of aliphatic carboxylic acids is 3. The molecule has 0 unspecified atom stereocenters. The van der Waals surface area contributed by atoms with Crippen molar-refractivity contribution in [1.82, 2.24) is 19.6 Å². The van der Waals surface area contributed by atoms with Crippen LogP contribution in [0.2, 0.25) is 0 Å². The molecule has 0 fully saturated rings. The summed E-state index contributed by atoms with van der Waals surface area (Å²) < 4.78 is 0. The highest BCUT2D eigenvalue weighted by molar-refractivity contribution is 5.82. The molecule has 0 aromatic rings. The number of carboxylic acid groups (broad SMARTS) is 3. The molecule has 32 heavy (non-hydrogen) atoms. The van der Waals surface area contributed by atoms with Gasteiger partial charge in [0.05, 0.1) is 26.2 Å². The molecule has 0 heterocycles. The number of carbonyl (C=O) groups is 4. The van der Waals surface area contributed by atoms with Gasteiger partial charge in [-0.05, 0) is 14.1 Å². The Hall–Kier alpha value is -2.08. The number of carbonyl (C=O) groups excluding carboxylic acids is 1. The molecule has 0 rings (SSSR count). The molecule has 0 bridgehead atoms. The second-order valence-electron chi connectivity index (χ2n) is 7.83. The first-order valence-electron chi connectivity index (χ1n) is 10.9. The number of nitrogens with zero attached hydrogens (tertiary/aromatic N) is 4. The third-order valence-corrected chi connectivity index (χ3v) is 4.52. The normalized spacial score (nSPS) is 11.2. The lowest BCUT2D eigenvalue weighted by molar-refractivity contribution is -0.140. The van der Waals surface area contributed by atoms with E-state index in [9.17, 15) is 19.2 Å². The molecular weight excluding hydrogens is 420 g/mol. The van der Waals surface area contributed by atoms with Gasteiger partial charge in [0.15, 0.2) is 0 Å². The smallest absolute Gasteiger partial charge is 0.317 e. The molecule has 0 saturated carbocycles. The highest BCUT2D eigenvalue weighted by Gasteiger charge is 2.18. The molecule has 3 N–H and O–H groups in total. The summed E-state index contributed by atoms with van der Waals surface area (Å²) in [6, 6.07) is 0. The van der Waals surface area contributed by atoms with E-state index in [1.807, 2.05) is 32.6 Å². The number of carboxylic acids is 3. The first kappa shape index (κ1) is 32.1. The molecule has 11 nitrogen and oxygen atoms in total. The van der Waals surface area contributed by atoms with Gasteiger partial charge < -0.3 is 15.3 Å². The second kappa shape index (κ2) is 18.5. The molecule has 0 aliphatic rings. The van der Waals surface area contributed by atoms with Crippen LogP contribution >= 0.6 is 0 Å². The second-order valence-corrected chi connectivity index (χ2v) is 7.83. The molecule has 0 aromatic heterocycles. The van der Waals surface area contributed by atoms with Gasteiger partial charge >= 0.3 is 17.9 Å². The number of hydrogen-bond acceptors (Lipinski definition) is 8. The van der Waals surface area contributed by atoms with Crippen molar-refractivity contribution in [3.05, 3.63) is 0 Å². The molecule has 0 aliphatic carbocycles. The third kappa shape index (κ3) is 18.7.